The van der Waals surface area contributed by atoms with Crippen molar-refractivity contribution in [1.82, 2.24) is 4.90 Å². The lowest BCUT2D eigenvalue weighted by Crippen LogP contribution is -2.30. The topological polar surface area (TPSA) is 58.6 Å². The van der Waals surface area contributed by atoms with E-state index in [4.69, 9.17) is 4.74 Å². The van der Waals surface area contributed by atoms with Crippen LogP contribution in [0.2, 0.25) is 0 Å². The van der Waals surface area contributed by atoms with Crippen LogP contribution in [0, 0.1) is 13.8 Å². The van der Waals surface area contributed by atoms with E-state index in [1.54, 1.807) is 45.3 Å². The predicted molar refractivity (Wildman–Crippen MR) is 99.1 cm³/mol. The lowest BCUT2D eigenvalue weighted by Gasteiger charge is -2.18. The summed E-state index contributed by atoms with van der Waals surface area (Å²) in [5, 5.41) is 2.80. The standard InChI is InChI=1S/C20H24N2O3/c1-13-8-6-9-14(2)18(13)25-15(3)19(23)21-17-11-7-10-16(12-17)20(24)22(4)5/h6-12,15H,1-5H3,(H,21,23). The Morgan fingerprint density at radius 2 is 1.64 bits per heavy atom. The molecule has 25 heavy (non-hydrogen) atoms. The summed E-state index contributed by atoms with van der Waals surface area (Å²) in [6.07, 6.45) is -0.659. The van der Waals surface area contributed by atoms with Gasteiger partial charge in [0.15, 0.2) is 6.10 Å². The van der Waals surface area contributed by atoms with Gasteiger partial charge in [-0.05, 0) is 50.1 Å². The van der Waals surface area contributed by atoms with Gasteiger partial charge in [-0.25, -0.2) is 0 Å². The molecule has 0 fully saturated rings. The average molecular weight is 340 g/mol. The number of hydrogen-bond donors (Lipinski definition) is 1. The molecule has 0 saturated carbocycles. The Labute approximate surface area is 148 Å². The molecule has 2 aromatic carbocycles. The third kappa shape index (κ3) is 4.59. The Morgan fingerprint density at radius 1 is 1.04 bits per heavy atom. The van der Waals surface area contributed by atoms with Gasteiger partial charge in [0.2, 0.25) is 0 Å². The average Bonchev–Trinajstić information content (AvgIpc) is 2.57. The molecule has 1 N–H and O–H groups in total. The SMILES string of the molecule is Cc1cccc(C)c1OC(C)C(=O)Nc1cccc(C(=O)N(C)C)c1. The zero-order valence-corrected chi connectivity index (χ0v) is 15.3. The molecule has 2 amide bonds. The van der Waals surface area contributed by atoms with Gasteiger partial charge in [0.05, 0.1) is 0 Å². The monoisotopic (exact) mass is 340 g/mol. The molecule has 1 unspecified atom stereocenters. The highest BCUT2D eigenvalue weighted by atomic mass is 16.5. The predicted octanol–water partition coefficient (Wildman–Crippen LogP) is 3.41. The van der Waals surface area contributed by atoms with E-state index in [0.717, 1.165) is 16.9 Å². The summed E-state index contributed by atoms with van der Waals surface area (Å²) in [5.74, 6) is 0.342. The summed E-state index contributed by atoms with van der Waals surface area (Å²) in [5.41, 5.74) is 3.05. The van der Waals surface area contributed by atoms with Crippen LogP contribution >= 0.6 is 0 Å². The van der Waals surface area contributed by atoms with Gasteiger partial charge in [-0.1, -0.05) is 24.3 Å². The molecule has 1 atom stereocenters. The van der Waals surface area contributed by atoms with Gasteiger partial charge < -0.3 is 15.0 Å². The van der Waals surface area contributed by atoms with Crippen LogP contribution in [0.3, 0.4) is 0 Å². The van der Waals surface area contributed by atoms with Crippen molar-refractivity contribution in [2.45, 2.75) is 26.9 Å². The quantitative estimate of drug-likeness (QED) is 0.907. The summed E-state index contributed by atoms with van der Waals surface area (Å²) < 4.78 is 5.84. The van der Waals surface area contributed by atoms with Crippen molar-refractivity contribution in [2.75, 3.05) is 19.4 Å². The first-order valence-corrected chi connectivity index (χ1v) is 8.15. The third-order valence-electron chi connectivity index (χ3n) is 3.86. The van der Waals surface area contributed by atoms with Crippen LogP contribution in [-0.4, -0.2) is 36.9 Å². The second-order valence-electron chi connectivity index (χ2n) is 6.25. The lowest BCUT2D eigenvalue weighted by atomic mass is 10.1. The van der Waals surface area contributed by atoms with Crippen molar-refractivity contribution >= 4 is 17.5 Å². The number of nitrogens with one attached hydrogen (secondary N) is 1. The Balaban J connectivity index is 2.09. The molecule has 0 radical (unpaired) electrons. The highest BCUT2D eigenvalue weighted by molar-refractivity contribution is 5.98. The number of para-hydroxylation sites is 1. The van der Waals surface area contributed by atoms with E-state index in [0.29, 0.717) is 11.3 Å². The first-order valence-electron chi connectivity index (χ1n) is 8.15. The maximum Gasteiger partial charge on any atom is 0.265 e. The van der Waals surface area contributed by atoms with E-state index >= 15 is 0 Å². The van der Waals surface area contributed by atoms with Crippen LogP contribution in [-0.2, 0) is 4.79 Å². The molecule has 132 valence electrons. The van der Waals surface area contributed by atoms with Crippen LogP contribution in [0.25, 0.3) is 0 Å². The Kier molecular flexibility index (Phi) is 5.80. The van der Waals surface area contributed by atoms with Crippen molar-refractivity contribution in [2.24, 2.45) is 0 Å². The Bertz CT molecular complexity index is 764. The fourth-order valence-electron chi connectivity index (χ4n) is 2.45. The lowest BCUT2D eigenvalue weighted by molar-refractivity contribution is -0.122. The minimum absolute atomic E-state index is 0.115. The number of ether oxygens (including phenoxy) is 1. The maximum absolute atomic E-state index is 12.4. The van der Waals surface area contributed by atoms with Gasteiger partial charge in [-0.2, -0.15) is 0 Å². The first kappa shape index (κ1) is 18.5. The molecule has 0 heterocycles. The molecule has 2 aromatic rings. The van der Waals surface area contributed by atoms with Crippen molar-refractivity contribution in [3.63, 3.8) is 0 Å². The van der Waals surface area contributed by atoms with E-state index in [1.165, 1.54) is 4.90 Å². The van der Waals surface area contributed by atoms with Gasteiger partial charge in [0, 0.05) is 25.3 Å². The Hall–Kier alpha value is -2.82. The molecule has 0 aromatic heterocycles. The van der Waals surface area contributed by atoms with Crippen molar-refractivity contribution in [3.05, 3.63) is 59.2 Å². The van der Waals surface area contributed by atoms with Crippen molar-refractivity contribution in [1.29, 1.82) is 0 Å². The molecule has 5 nitrogen and oxygen atoms in total. The number of hydrogen-bond acceptors (Lipinski definition) is 3. The van der Waals surface area contributed by atoms with Crippen molar-refractivity contribution in [3.8, 4) is 5.75 Å². The summed E-state index contributed by atoms with van der Waals surface area (Å²) in [6, 6.07) is 12.7. The number of aryl methyl sites for hydroxylation is 2. The van der Waals surface area contributed by atoms with E-state index in [1.807, 2.05) is 32.0 Å². The maximum atomic E-state index is 12.4. The summed E-state index contributed by atoms with van der Waals surface area (Å²) >= 11 is 0. The van der Waals surface area contributed by atoms with Crippen LogP contribution in [0.4, 0.5) is 5.69 Å². The molecule has 2 rings (SSSR count). The molecule has 0 spiro atoms. The number of carbonyl (C=O) groups excluding carboxylic acids is 2. The summed E-state index contributed by atoms with van der Waals surface area (Å²) in [7, 11) is 3.38. The molecular formula is C20H24N2O3. The van der Waals surface area contributed by atoms with E-state index in [2.05, 4.69) is 5.32 Å². The van der Waals surface area contributed by atoms with E-state index < -0.39 is 6.10 Å². The minimum Gasteiger partial charge on any atom is -0.480 e. The van der Waals surface area contributed by atoms with Gasteiger partial charge in [0.1, 0.15) is 5.75 Å². The number of amides is 2. The number of rotatable bonds is 5. The highest BCUT2D eigenvalue weighted by Gasteiger charge is 2.17. The number of carbonyl (C=O) groups is 2. The smallest absolute Gasteiger partial charge is 0.265 e. The molecule has 0 aliphatic rings. The zero-order valence-electron chi connectivity index (χ0n) is 15.3. The second-order valence-corrected chi connectivity index (χ2v) is 6.25. The van der Waals surface area contributed by atoms with Gasteiger partial charge in [0.25, 0.3) is 11.8 Å². The van der Waals surface area contributed by atoms with Crippen LogP contribution < -0.4 is 10.1 Å². The molecule has 0 aliphatic heterocycles. The van der Waals surface area contributed by atoms with Crippen molar-refractivity contribution < 1.29 is 14.3 Å². The molecule has 0 aliphatic carbocycles. The van der Waals surface area contributed by atoms with Crippen LogP contribution in [0.15, 0.2) is 42.5 Å². The van der Waals surface area contributed by atoms with E-state index in [-0.39, 0.29) is 11.8 Å². The molecule has 0 saturated heterocycles. The molecule has 0 bridgehead atoms. The number of nitrogens with zero attached hydrogens (tertiary/aromatic N) is 1. The van der Waals surface area contributed by atoms with E-state index in [9.17, 15) is 9.59 Å². The molecular weight excluding hydrogens is 316 g/mol. The fraction of sp³-hybridized carbons (Fsp3) is 0.300. The zero-order chi connectivity index (χ0) is 18.6. The number of benzene rings is 2. The summed E-state index contributed by atoms with van der Waals surface area (Å²) in [4.78, 5) is 25.9. The van der Waals surface area contributed by atoms with Gasteiger partial charge in [-0.3, -0.25) is 9.59 Å². The minimum atomic E-state index is -0.659. The van der Waals surface area contributed by atoms with Crippen LogP contribution in [0.5, 0.6) is 5.75 Å². The second kappa shape index (κ2) is 7.83. The van der Waals surface area contributed by atoms with Crippen LogP contribution in [0.1, 0.15) is 28.4 Å². The van der Waals surface area contributed by atoms with Gasteiger partial charge >= 0.3 is 0 Å². The summed E-state index contributed by atoms with van der Waals surface area (Å²) in [6.45, 7) is 5.60. The normalized spacial score (nSPS) is 11.6. The number of anilines is 1. The highest BCUT2D eigenvalue weighted by Crippen LogP contribution is 2.24. The van der Waals surface area contributed by atoms with Gasteiger partial charge in [-0.15, -0.1) is 0 Å². The largest absolute Gasteiger partial charge is 0.480 e. The fourth-order valence-corrected chi connectivity index (χ4v) is 2.45. The first-order chi connectivity index (χ1) is 11.8. The Morgan fingerprint density at radius 3 is 2.24 bits per heavy atom. The third-order valence-corrected chi connectivity index (χ3v) is 3.86. The molecule has 5 heteroatoms.